The quantitative estimate of drug-likeness (QED) is 0.349. The standard InChI is InChI=1S/C21H20F3N3O2/c1-11-7-12(2)9-16(8-11)26-18-10-15(21(22,23)24)5-6-17(18)19(20(26)29)13(3)27(25)14(4)28/h5-10H,25H2,1-4H3/b19-13-. The Morgan fingerprint density at radius 1 is 1.03 bits per heavy atom. The Balaban J connectivity index is 2.31. The summed E-state index contributed by atoms with van der Waals surface area (Å²) in [7, 11) is 0. The molecule has 29 heavy (non-hydrogen) atoms. The lowest BCUT2D eigenvalue weighted by Gasteiger charge is -2.20. The fourth-order valence-electron chi connectivity index (χ4n) is 3.48. The van der Waals surface area contributed by atoms with E-state index in [1.807, 2.05) is 19.9 Å². The van der Waals surface area contributed by atoms with Gasteiger partial charge in [-0.25, -0.2) is 5.84 Å². The second-order valence-electron chi connectivity index (χ2n) is 7.07. The van der Waals surface area contributed by atoms with Gasteiger partial charge in [0.15, 0.2) is 0 Å². The predicted molar refractivity (Wildman–Crippen MR) is 104 cm³/mol. The van der Waals surface area contributed by atoms with Crippen molar-refractivity contribution in [1.82, 2.24) is 5.01 Å². The Hall–Kier alpha value is -3.13. The van der Waals surface area contributed by atoms with Crippen molar-refractivity contribution in [1.29, 1.82) is 0 Å². The van der Waals surface area contributed by atoms with Crippen molar-refractivity contribution in [2.75, 3.05) is 4.90 Å². The van der Waals surface area contributed by atoms with Gasteiger partial charge in [-0.3, -0.25) is 19.5 Å². The van der Waals surface area contributed by atoms with E-state index in [1.54, 1.807) is 12.1 Å². The van der Waals surface area contributed by atoms with Crippen LogP contribution >= 0.6 is 0 Å². The first-order chi connectivity index (χ1) is 13.4. The van der Waals surface area contributed by atoms with Crippen molar-refractivity contribution in [3.63, 3.8) is 0 Å². The van der Waals surface area contributed by atoms with Crippen molar-refractivity contribution in [3.8, 4) is 0 Å². The molecule has 0 unspecified atom stereocenters. The van der Waals surface area contributed by atoms with Gasteiger partial charge in [0.1, 0.15) is 0 Å². The monoisotopic (exact) mass is 403 g/mol. The van der Waals surface area contributed by atoms with Gasteiger partial charge in [0, 0.05) is 23.9 Å². The molecular formula is C21H20F3N3O2. The van der Waals surface area contributed by atoms with Gasteiger partial charge >= 0.3 is 6.18 Å². The average Bonchev–Trinajstić information content (AvgIpc) is 2.89. The Morgan fingerprint density at radius 2 is 1.62 bits per heavy atom. The molecule has 3 rings (SSSR count). The van der Waals surface area contributed by atoms with Crippen LogP contribution in [0.2, 0.25) is 0 Å². The van der Waals surface area contributed by atoms with Crippen LogP contribution in [0.15, 0.2) is 42.1 Å². The Labute approximate surface area is 166 Å². The van der Waals surface area contributed by atoms with E-state index in [1.165, 1.54) is 24.8 Å². The van der Waals surface area contributed by atoms with Gasteiger partial charge in [0.05, 0.1) is 16.8 Å². The van der Waals surface area contributed by atoms with Crippen molar-refractivity contribution in [3.05, 3.63) is 64.3 Å². The molecule has 1 heterocycles. The smallest absolute Gasteiger partial charge is 0.276 e. The number of hydrogen-bond donors (Lipinski definition) is 1. The molecule has 0 fully saturated rings. The number of halogens is 3. The molecule has 152 valence electrons. The van der Waals surface area contributed by atoms with Crippen molar-refractivity contribution in [2.45, 2.75) is 33.9 Å². The van der Waals surface area contributed by atoms with Gasteiger partial charge in [-0.15, -0.1) is 0 Å². The summed E-state index contributed by atoms with van der Waals surface area (Å²) < 4.78 is 39.9. The number of allylic oxidation sites excluding steroid dienone is 1. The van der Waals surface area contributed by atoms with Crippen LogP contribution in [0.3, 0.4) is 0 Å². The number of hydrogen-bond acceptors (Lipinski definition) is 3. The number of nitrogens with two attached hydrogens (primary N) is 1. The number of aryl methyl sites for hydroxylation is 2. The summed E-state index contributed by atoms with van der Waals surface area (Å²) in [5, 5.41) is 0.819. The van der Waals surface area contributed by atoms with E-state index in [9.17, 15) is 22.8 Å². The number of amides is 2. The van der Waals surface area contributed by atoms with Gasteiger partial charge in [-0.1, -0.05) is 12.1 Å². The molecule has 5 nitrogen and oxygen atoms in total. The lowest BCUT2D eigenvalue weighted by molar-refractivity contribution is -0.137. The van der Waals surface area contributed by atoms with E-state index >= 15 is 0 Å². The maximum Gasteiger partial charge on any atom is 0.416 e. The summed E-state index contributed by atoms with van der Waals surface area (Å²) in [6.07, 6.45) is -4.56. The molecule has 0 radical (unpaired) electrons. The summed E-state index contributed by atoms with van der Waals surface area (Å²) in [5.74, 6) is 4.72. The fraction of sp³-hybridized carbons (Fsp3) is 0.238. The van der Waals surface area contributed by atoms with E-state index in [0.29, 0.717) is 5.69 Å². The molecule has 8 heteroatoms. The number of benzene rings is 2. The fourth-order valence-corrected chi connectivity index (χ4v) is 3.48. The average molecular weight is 403 g/mol. The summed E-state index contributed by atoms with van der Waals surface area (Å²) in [6, 6.07) is 8.44. The molecular weight excluding hydrogens is 383 g/mol. The summed E-state index contributed by atoms with van der Waals surface area (Å²) in [4.78, 5) is 26.2. The lowest BCUT2D eigenvalue weighted by Crippen LogP contribution is -2.35. The van der Waals surface area contributed by atoms with E-state index in [4.69, 9.17) is 5.84 Å². The first-order valence-corrected chi connectivity index (χ1v) is 8.82. The molecule has 0 atom stereocenters. The van der Waals surface area contributed by atoms with Crippen LogP contribution in [0.5, 0.6) is 0 Å². The second-order valence-corrected chi connectivity index (χ2v) is 7.07. The minimum absolute atomic E-state index is 0.0885. The molecule has 2 aromatic carbocycles. The molecule has 2 amide bonds. The number of alkyl halides is 3. The Bertz CT molecular complexity index is 1040. The predicted octanol–water partition coefficient (Wildman–Crippen LogP) is 4.45. The zero-order valence-corrected chi connectivity index (χ0v) is 16.4. The summed E-state index contributed by atoms with van der Waals surface area (Å²) in [5.41, 5.74) is 1.94. The van der Waals surface area contributed by atoms with Gasteiger partial charge in [0.25, 0.3) is 5.91 Å². The van der Waals surface area contributed by atoms with E-state index < -0.39 is 23.6 Å². The molecule has 0 saturated carbocycles. The third kappa shape index (κ3) is 3.63. The van der Waals surface area contributed by atoms with Crippen LogP contribution in [0, 0.1) is 13.8 Å². The lowest BCUT2D eigenvalue weighted by atomic mass is 10.0. The molecule has 0 saturated heterocycles. The normalized spacial score (nSPS) is 15.4. The number of carbonyl (C=O) groups is 2. The number of carbonyl (C=O) groups excluding carboxylic acids is 2. The molecule has 0 spiro atoms. The van der Waals surface area contributed by atoms with Gasteiger partial charge in [-0.2, -0.15) is 13.2 Å². The molecule has 2 N–H and O–H groups in total. The van der Waals surface area contributed by atoms with Crippen LogP contribution in [0.25, 0.3) is 5.57 Å². The highest BCUT2D eigenvalue weighted by atomic mass is 19.4. The molecule has 2 aromatic rings. The number of fused-ring (bicyclic) bond motifs is 1. The summed E-state index contributed by atoms with van der Waals surface area (Å²) in [6.45, 7) is 6.40. The Kier molecular flexibility index (Phi) is 5.00. The molecule has 0 bridgehead atoms. The number of hydrazine groups is 1. The van der Waals surface area contributed by atoms with Crippen LogP contribution in [0.1, 0.15) is 36.1 Å². The maximum atomic E-state index is 13.3. The summed E-state index contributed by atoms with van der Waals surface area (Å²) >= 11 is 0. The van der Waals surface area contributed by atoms with Gasteiger partial charge in [0.2, 0.25) is 5.91 Å². The third-order valence-corrected chi connectivity index (χ3v) is 4.78. The van der Waals surface area contributed by atoms with Crippen molar-refractivity contribution in [2.24, 2.45) is 5.84 Å². The Morgan fingerprint density at radius 3 is 2.14 bits per heavy atom. The minimum atomic E-state index is -4.56. The second kappa shape index (κ2) is 7.04. The van der Waals surface area contributed by atoms with E-state index in [2.05, 4.69) is 0 Å². The first-order valence-electron chi connectivity index (χ1n) is 8.82. The van der Waals surface area contributed by atoms with E-state index in [0.717, 1.165) is 28.3 Å². The molecule has 0 aromatic heterocycles. The van der Waals surface area contributed by atoms with Crippen LogP contribution in [-0.2, 0) is 15.8 Å². The highest BCUT2D eigenvalue weighted by Gasteiger charge is 2.39. The number of nitrogens with zero attached hydrogens (tertiary/aromatic N) is 2. The van der Waals surface area contributed by atoms with Crippen molar-refractivity contribution < 1.29 is 22.8 Å². The third-order valence-electron chi connectivity index (χ3n) is 4.78. The maximum absolute atomic E-state index is 13.3. The van der Waals surface area contributed by atoms with Gasteiger partial charge < -0.3 is 0 Å². The molecule has 0 aliphatic carbocycles. The number of rotatable bonds is 2. The number of anilines is 2. The van der Waals surface area contributed by atoms with Crippen LogP contribution < -0.4 is 10.7 Å². The zero-order valence-electron chi connectivity index (χ0n) is 16.4. The highest BCUT2D eigenvalue weighted by Crippen LogP contribution is 2.45. The van der Waals surface area contributed by atoms with Crippen molar-refractivity contribution >= 4 is 28.8 Å². The molecule has 1 aliphatic rings. The highest BCUT2D eigenvalue weighted by molar-refractivity contribution is 6.35. The zero-order chi connectivity index (χ0) is 21.7. The SMILES string of the molecule is CC(=O)N(N)/C(C)=C1\C(=O)N(c2cc(C)cc(C)c2)c2cc(C(F)(F)F)ccc21. The largest absolute Gasteiger partial charge is 0.416 e. The van der Waals surface area contributed by atoms with E-state index in [-0.39, 0.29) is 22.5 Å². The topological polar surface area (TPSA) is 66.6 Å². The minimum Gasteiger partial charge on any atom is -0.276 e. The molecule has 1 aliphatic heterocycles. The van der Waals surface area contributed by atoms with Crippen LogP contribution in [-0.4, -0.2) is 16.8 Å². The van der Waals surface area contributed by atoms with Crippen LogP contribution in [0.4, 0.5) is 24.5 Å². The van der Waals surface area contributed by atoms with Gasteiger partial charge in [-0.05, 0) is 56.2 Å². The first kappa shape index (κ1) is 20.6.